The molecular formula is C10H17ClN4. The van der Waals surface area contributed by atoms with Crippen LogP contribution in [0.4, 0.5) is 0 Å². The molecular weight excluding hydrogens is 212 g/mol. The van der Waals surface area contributed by atoms with Crippen LogP contribution in [0.15, 0.2) is 35.4 Å². The quantitative estimate of drug-likeness (QED) is 0.568. The standard InChI is InChI=1S/C10H16N4.ClH/c1-3-9(4-2)13-14-10-11-7-5-6-8-12-10;/h3-4H,1-2,5-8H2,(H2,11,12,14);1H. The van der Waals surface area contributed by atoms with Crippen LogP contribution in [-0.2, 0) is 0 Å². The molecule has 1 rings (SSSR count). The number of guanidine groups is 1. The van der Waals surface area contributed by atoms with Crippen molar-refractivity contribution in [2.45, 2.75) is 12.8 Å². The molecule has 1 aliphatic rings. The van der Waals surface area contributed by atoms with Gasteiger partial charge in [0.1, 0.15) is 0 Å². The van der Waals surface area contributed by atoms with Crippen molar-refractivity contribution in [3.05, 3.63) is 25.3 Å². The Morgan fingerprint density at radius 2 is 2.13 bits per heavy atom. The van der Waals surface area contributed by atoms with Gasteiger partial charge in [-0.1, -0.05) is 13.2 Å². The summed E-state index contributed by atoms with van der Waals surface area (Å²) in [5, 5.41) is 7.21. The van der Waals surface area contributed by atoms with E-state index in [-0.39, 0.29) is 12.4 Å². The first-order valence-electron chi connectivity index (χ1n) is 4.73. The van der Waals surface area contributed by atoms with Crippen molar-refractivity contribution in [2.75, 3.05) is 13.1 Å². The Hall–Kier alpha value is -1.29. The normalized spacial score (nSPS) is 14.5. The Morgan fingerprint density at radius 3 is 2.80 bits per heavy atom. The van der Waals surface area contributed by atoms with E-state index in [0.717, 1.165) is 31.9 Å². The molecule has 0 unspecified atom stereocenters. The second-order valence-corrected chi connectivity index (χ2v) is 2.92. The van der Waals surface area contributed by atoms with Crippen molar-refractivity contribution in [1.29, 1.82) is 0 Å². The van der Waals surface area contributed by atoms with E-state index in [1.54, 1.807) is 12.2 Å². The summed E-state index contributed by atoms with van der Waals surface area (Å²) in [6.07, 6.45) is 5.54. The van der Waals surface area contributed by atoms with E-state index >= 15 is 0 Å². The lowest BCUT2D eigenvalue weighted by Crippen LogP contribution is -2.34. The summed E-state index contributed by atoms with van der Waals surface area (Å²) >= 11 is 0. The van der Waals surface area contributed by atoms with E-state index in [2.05, 4.69) is 34.0 Å². The Labute approximate surface area is 96.7 Å². The number of allylic oxidation sites excluding steroid dienone is 2. The highest BCUT2D eigenvalue weighted by molar-refractivity contribution is 6.03. The number of hydrazone groups is 1. The number of aliphatic imine (C=N–C) groups is 1. The summed E-state index contributed by atoms with van der Waals surface area (Å²) in [7, 11) is 0. The molecule has 15 heavy (non-hydrogen) atoms. The van der Waals surface area contributed by atoms with Gasteiger partial charge in [-0.2, -0.15) is 5.10 Å². The molecule has 0 spiro atoms. The minimum atomic E-state index is 0. The van der Waals surface area contributed by atoms with Gasteiger partial charge in [0.2, 0.25) is 5.96 Å². The van der Waals surface area contributed by atoms with Crippen LogP contribution < -0.4 is 10.7 Å². The summed E-state index contributed by atoms with van der Waals surface area (Å²) in [5.74, 6) is 0.726. The number of hydrogen-bond donors (Lipinski definition) is 2. The molecule has 0 saturated carbocycles. The summed E-state index contributed by atoms with van der Waals surface area (Å²) in [6.45, 7) is 9.02. The van der Waals surface area contributed by atoms with Crippen LogP contribution in [-0.4, -0.2) is 24.8 Å². The maximum Gasteiger partial charge on any atom is 0.212 e. The lowest BCUT2D eigenvalue weighted by Gasteiger charge is -2.05. The van der Waals surface area contributed by atoms with Gasteiger partial charge < -0.3 is 5.32 Å². The first-order chi connectivity index (χ1) is 6.86. The molecule has 0 amide bonds. The zero-order chi connectivity index (χ0) is 10.2. The third kappa shape index (κ3) is 5.22. The van der Waals surface area contributed by atoms with Crippen molar-refractivity contribution >= 4 is 24.1 Å². The minimum absolute atomic E-state index is 0. The fraction of sp³-hybridized carbons (Fsp3) is 0.400. The van der Waals surface area contributed by atoms with Gasteiger partial charge in [-0.3, -0.25) is 4.99 Å². The Balaban J connectivity index is 0.00000196. The number of hydrogen-bond acceptors (Lipinski definition) is 4. The first-order valence-corrected chi connectivity index (χ1v) is 4.73. The van der Waals surface area contributed by atoms with Gasteiger partial charge in [0, 0.05) is 13.1 Å². The topological polar surface area (TPSA) is 48.8 Å². The first kappa shape index (κ1) is 13.7. The molecule has 0 aliphatic carbocycles. The number of rotatable bonds is 3. The van der Waals surface area contributed by atoms with Gasteiger partial charge in [0.15, 0.2) is 0 Å². The molecule has 0 bridgehead atoms. The van der Waals surface area contributed by atoms with Crippen LogP contribution in [0.3, 0.4) is 0 Å². The zero-order valence-electron chi connectivity index (χ0n) is 8.70. The maximum atomic E-state index is 4.28. The van der Waals surface area contributed by atoms with Crippen LogP contribution in [0.2, 0.25) is 0 Å². The van der Waals surface area contributed by atoms with E-state index in [0.29, 0.717) is 5.71 Å². The average molecular weight is 229 g/mol. The van der Waals surface area contributed by atoms with Gasteiger partial charge in [-0.15, -0.1) is 12.4 Å². The predicted molar refractivity (Wildman–Crippen MR) is 67.8 cm³/mol. The van der Waals surface area contributed by atoms with Crippen molar-refractivity contribution in [1.82, 2.24) is 10.7 Å². The fourth-order valence-electron chi connectivity index (χ4n) is 1.06. The van der Waals surface area contributed by atoms with Crippen LogP contribution in [0.1, 0.15) is 12.8 Å². The van der Waals surface area contributed by atoms with E-state index in [1.807, 2.05) is 0 Å². The highest BCUT2D eigenvalue weighted by atomic mass is 35.5. The Bertz CT molecular complexity index is 261. The monoisotopic (exact) mass is 228 g/mol. The molecule has 0 aromatic heterocycles. The molecule has 4 nitrogen and oxygen atoms in total. The summed E-state index contributed by atoms with van der Waals surface area (Å²) in [6, 6.07) is 0. The van der Waals surface area contributed by atoms with Crippen LogP contribution in [0, 0.1) is 0 Å². The third-order valence-corrected chi connectivity index (χ3v) is 1.86. The van der Waals surface area contributed by atoms with Gasteiger partial charge >= 0.3 is 0 Å². The third-order valence-electron chi connectivity index (χ3n) is 1.86. The molecule has 0 aromatic rings. The van der Waals surface area contributed by atoms with Crippen LogP contribution >= 0.6 is 12.4 Å². The van der Waals surface area contributed by atoms with Crippen LogP contribution in [0.5, 0.6) is 0 Å². The van der Waals surface area contributed by atoms with E-state index in [4.69, 9.17) is 0 Å². The zero-order valence-corrected chi connectivity index (χ0v) is 9.52. The second kappa shape index (κ2) is 8.05. The molecule has 0 radical (unpaired) electrons. The smallest absolute Gasteiger partial charge is 0.212 e. The second-order valence-electron chi connectivity index (χ2n) is 2.92. The predicted octanol–water partition coefficient (Wildman–Crippen LogP) is 1.47. The molecule has 5 heteroatoms. The summed E-state index contributed by atoms with van der Waals surface area (Å²) in [5.41, 5.74) is 3.56. The Kier molecular flexibility index (Phi) is 7.36. The molecule has 0 saturated heterocycles. The van der Waals surface area contributed by atoms with Gasteiger partial charge in [-0.25, -0.2) is 5.43 Å². The average Bonchev–Trinajstić information content (AvgIpc) is 2.48. The molecule has 2 N–H and O–H groups in total. The summed E-state index contributed by atoms with van der Waals surface area (Å²) in [4.78, 5) is 4.28. The fourth-order valence-corrected chi connectivity index (χ4v) is 1.06. The van der Waals surface area contributed by atoms with E-state index in [1.165, 1.54) is 0 Å². The lowest BCUT2D eigenvalue weighted by atomic mass is 10.3. The highest BCUT2D eigenvalue weighted by Crippen LogP contribution is 1.92. The number of nitrogens with zero attached hydrogens (tertiary/aromatic N) is 2. The van der Waals surface area contributed by atoms with Crippen LogP contribution in [0.25, 0.3) is 0 Å². The SMILES string of the molecule is C=CC(C=C)=NNC1=NCCCCN1.Cl. The molecule has 1 aliphatic heterocycles. The molecule has 0 atom stereocenters. The largest absolute Gasteiger partial charge is 0.355 e. The molecule has 1 heterocycles. The maximum absolute atomic E-state index is 4.28. The van der Waals surface area contributed by atoms with Crippen molar-refractivity contribution in [2.24, 2.45) is 10.1 Å². The van der Waals surface area contributed by atoms with Gasteiger partial charge in [0.05, 0.1) is 5.71 Å². The lowest BCUT2D eigenvalue weighted by molar-refractivity contribution is 0.745. The minimum Gasteiger partial charge on any atom is -0.355 e. The van der Waals surface area contributed by atoms with Crippen molar-refractivity contribution in [3.8, 4) is 0 Å². The van der Waals surface area contributed by atoms with Crippen molar-refractivity contribution in [3.63, 3.8) is 0 Å². The Morgan fingerprint density at radius 1 is 1.40 bits per heavy atom. The van der Waals surface area contributed by atoms with E-state index in [9.17, 15) is 0 Å². The van der Waals surface area contributed by atoms with E-state index < -0.39 is 0 Å². The molecule has 0 aromatic carbocycles. The molecule has 84 valence electrons. The highest BCUT2D eigenvalue weighted by Gasteiger charge is 2.00. The van der Waals surface area contributed by atoms with Crippen molar-refractivity contribution < 1.29 is 0 Å². The summed E-state index contributed by atoms with van der Waals surface area (Å²) < 4.78 is 0. The number of nitrogens with one attached hydrogen (secondary N) is 2. The van der Waals surface area contributed by atoms with Gasteiger partial charge in [0.25, 0.3) is 0 Å². The molecule has 0 fully saturated rings. The van der Waals surface area contributed by atoms with Gasteiger partial charge in [-0.05, 0) is 25.0 Å². The number of halogens is 1.